The first-order valence-electron chi connectivity index (χ1n) is 20.5. The number of ether oxygens (including phenoxy) is 2. The van der Waals surface area contributed by atoms with Crippen molar-refractivity contribution in [3.05, 3.63) is 120 Å². The topological polar surface area (TPSA) is 175 Å². The minimum Gasteiger partial charge on any atom is -0.453 e. The van der Waals surface area contributed by atoms with Crippen LogP contribution in [0.25, 0.3) is 11.3 Å². The van der Waals surface area contributed by atoms with Crippen LogP contribution in [0.2, 0.25) is 0 Å². The van der Waals surface area contributed by atoms with E-state index in [0.29, 0.717) is 42.4 Å². The van der Waals surface area contributed by atoms with E-state index in [4.69, 9.17) is 14.5 Å². The number of likely N-dealkylation sites (tertiary alicyclic amines) is 2. The van der Waals surface area contributed by atoms with Gasteiger partial charge in [0, 0.05) is 34.0 Å². The quantitative estimate of drug-likeness (QED) is 0.101. The molecule has 2 aliphatic heterocycles. The van der Waals surface area contributed by atoms with Gasteiger partial charge in [0.15, 0.2) is 0 Å². The lowest BCUT2D eigenvalue weighted by Gasteiger charge is -2.30. The van der Waals surface area contributed by atoms with Crippen molar-refractivity contribution in [2.45, 2.75) is 73.5 Å². The summed E-state index contributed by atoms with van der Waals surface area (Å²) in [5, 5.41) is 5.39. The third kappa shape index (κ3) is 10.1. The van der Waals surface area contributed by atoms with E-state index in [9.17, 15) is 19.2 Å². The number of amides is 4. The normalized spacial score (nSPS) is 16.7. The van der Waals surface area contributed by atoms with Crippen molar-refractivity contribution in [3.8, 4) is 34.9 Å². The fraction of sp³-hybridized carbons (Fsp3) is 0.319. The van der Waals surface area contributed by atoms with Crippen LogP contribution in [-0.2, 0) is 19.1 Å². The Hall–Kier alpha value is -6.97. The average Bonchev–Trinajstić information content (AvgIpc) is 4.14. The van der Waals surface area contributed by atoms with Gasteiger partial charge in [-0.1, -0.05) is 86.1 Å². The van der Waals surface area contributed by atoms with Gasteiger partial charge in [-0.15, -0.1) is 0 Å². The summed E-state index contributed by atoms with van der Waals surface area (Å²) >= 11 is 1.59. The Kier molecular flexibility index (Phi) is 14.0. The molecule has 2 aliphatic rings. The molecule has 2 saturated heterocycles. The maximum atomic E-state index is 13.9. The van der Waals surface area contributed by atoms with Gasteiger partial charge in [-0.3, -0.25) is 9.59 Å². The van der Waals surface area contributed by atoms with Gasteiger partial charge in [0.25, 0.3) is 5.91 Å². The number of carbonyl (C=O) groups is 4. The van der Waals surface area contributed by atoms with Gasteiger partial charge in [-0.25, -0.2) is 19.6 Å². The van der Waals surface area contributed by atoms with Crippen molar-refractivity contribution in [1.29, 1.82) is 0 Å². The molecule has 0 bridgehead atoms. The van der Waals surface area contributed by atoms with E-state index in [2.05, 4.69) is 55.3 Å². The summed E-state index contributed by atoms with van der Waals surface area (Å²) in [5.41, 5.74) is 3.72. The van der Waals surface area contributed by atoms with Gasteiger partial charge < -0.3 is 39.9 Å². The summed E-state index contributed by atoms with van der Waals surface area (Å²) in [6, 6.07) is 22.9. The minimum atomic E-state index is -0.910. The zero-order chi connectivity index (χ0) is 43.6. The molecule has 2 fully saturated rings. The summed E-state index contributed by atoms with van der Waals surface area (Å²) in [6.45, 7) is 4.87. The molecule has 14 nitrogen and oxygen atoms in total. The number of imidazole rings is 2. The van der Waals surface area contributed by atoms with E-state index in [1.807, 2.05) is 74.5 Å². The molecule has 4 amide bonds. The number of aromatic amines is 2. The fourth-order valence-electron chi connectivity index (χ4n) is 7.70. The van der Waals surface area contributed by atoms with Crippen LogP contribution in [-0.4, -0.2) is 87.1 Å². The molecule has 15 heteroatoms. The van der Waals surface area contributed by atoms with E-state index in [0.717, 1.165) is 45.9 Å². The molecular formula is C47H48N8O6S. The molecule has 4 N–H and O–H groups in total. The number of nitrogens with zero attached hydrogens (tertiary/aromatic N) is 4. The number of carbonyl (C=O) groups excluding carboxylic acids is 4. The highest BCUT2D eigenvalue weighted by molar-refractivity contribution is 7.99. The number of nitrogens with one attached hydrogen (secondary N) is 4. The SMILES string of the molecule is COC(=O)NC(C(=O)N1CCCC1c1ncc(C#CC#Cc2ccc(-c3cnc(C4CCCN4C(=O)[C@@H](NC(=O)OC)C(C)C)[nH]3)cc2Sc2ccccc2)[nH]1)c1ccccc1. The molecular weight excluding hydrogens is 805 g/mol. The number of hydrogen-bond donors (Lipinski definition) is 4. The zero-order valence-corrected chi connectivity index (χ0v) is 35.8. The van der Waals surface area contributed by atoms with E-state index >= 15 is 0 Å². The molecule has 0 saturated carbocycles. The van der Waals surface area contributed by atoms with Crippen molar-refractivity contribution < 1.29 is 28.7 Å². The lowest BCUT2D eigenvalue weighted by molar-refractivity contribution is -0.135. The Morgan fingerprint density at radius 2 is 1.37 bits per heavy atom. The molecule has 2 aromatic heterocycles. The Morgan fingerprint density at radius 3 is 2.05 bits per heavy atom. The van der Waals surface area contributed by atoms with Crippen LogP contribution in [0.15, 0.2) is 101 Å². The highest BCUT2D eigenvalue weighted by atomic mass is 32.2. The van der Waals surface area contributed by atoms with Crippen molar-refractivity contribution in [3.63, 3.8) is 0 Å². The summed E-state index contributed by atoms with van der Waals surface area (Å²) in [6.07, 6.45) is 5.14. The maximum Gasteiger partial charge on any atom is 0.407 e. The van der Waals surface area contributed by atoms with Gasteiger partial charge in [0.1, 0.15) is 29.4 Å². The van der Waals surface area contributed by atoms with E-state index in [1.165, 1.54) is 14.2 Å². The second-order valence-corrected chi connectivity index (χ2v) is 16.3. The van der Waals surface area contributed by atoms with Gasteiger partial charge >= 0.3 is 12.2 Å². The number of H-pyrrole nitrogens is 2. The number of methoxy groups -OCH3 is 2. The molecule has 318 valence electrons. The molecule has 0 radical (unpaired) electrons. The largest absolute Gasteiger partial charge is 0.453 e. The molecule has 4 heterocycles. The van der Waals surface area contributed by atoms with Crippen LogP contribution < -0.4 is 10.6 Å². The minimum absolute atomic E-state index is 0.132. The maximum absolute atomic E-state index is 13.9. The first kappa shape index (κ1) is 43.1. The second kappa shape index (κ2) is 20.1. The third-order valence-electron chi connectivity index (χ3n) is 10.8. The molecule has 3 aromatic carbocycles. The Morgan fingerprint density at radius 1 is 0.758 bits per heavy atom. The average molecular weight is 853 g/mol. The van der Waals surface area contributed by atoms with E-state index in [1.54, 1.807) is 46.1 Å². The number of rotatable bonds is 11. The van der Waals surface area contributed by atoms with Crippen molar-refractivity contribution >= 4 is 35.8 Å². The molecule has 0 spiro atoms. The number of alkyl carbamates (subject to hydrolysis) is 2. The first-order chi connectivity index (χ1) is 30.1. The molecule has 62 heavy (non-hydrogen) atoms. The lowest BCUT2D eigenvalue weighted by Crippen LogP contribution is -2.51. The smallest absolute Gasteiger partial charge is 0.407 e. The third-order valence-corrected chi connectivity index (χ3v) is 11.9. The van der Waals surface area contributed by atoms with Gasteiger partial charge in [0.2, 0.25) is 5.91 Å². The summed E-state index contributed by atoms with van der Waals surface area (Å²) in [5.74, 6) is 13.0. The van der Waals surface area contributed by atoms with Crippen molar-refractivity contribution in [1.82, 2.24) is 40.4 Å². The van der Waals surface area contributed by atoms with Crippen molar-refractivity contribution in [2.24, 2.45) is 5.92 Å². The van der Waals surface area contributed by atoms with Crippen LogP contribution in [0.5, 0.6) is 0 Å². The standard InChI is InChI=1S/C47H48N8O6S/c1-30(2)40(52-46(58)60-3)44(56)54-25-14-22-38(54)43-49-29-36(51-43)33-24-23-31(39(27-33)62-35-19-9-6-10-20-35)15-11-12-18-34-28-48-42(50-34)37-21-13-26-55(37)45(57)41(53-47(59)61-4)32-16-7-5-8-17-32/h5-10,16-17,19-20,23-24,27-30,37-38,40-41H,13-14,21-22,25-26H2,1-4H3,(H,48,50)(H,49,51)(H,52,58)(H,53,59)/t37?,38?,40-,41?/m0/s1. The Bertz CT molecular complexity index is 2520. The lowest BCUT2D eigenvalue weighted by atomic mass is 10.0. The van der Waals surface area contributed by atoms with Gasteiger partial charge in [0.05, 0.1) is 44.4 Å². The molecule has 0 aliphatic carbocycles. The number of hydrogen-bond acceptors (Lipinski definition) is 9. The molecule has 4 atom stereocenters. The predicted molar refractivity (Wildman–Crippen MR) is 233 cm³/mol. The van der Waals surface area contributed by atoms with Gasteiger partial charge in [-0.05, 0) is 79.2 Å². The monoisotopic (exact) mass is 852 g/mol. The zero-order valence-electron chi connectivity index (χ0n) is 34.9. The Labute approximate surface area is 365 Å². The molecule has 7 rings (SSSR count). The van der Waals surface area contributed by atoms with Crippen LogP contribution in [0.1, 0.15) is 86.1 Å². The Balaban J connectivity index is 1.08. The van der Waals surface area contributed by atoms with Gasteiger partial charge in [-0.2, -0.15) is 0 Å². The van der Waals surface area contributed by atoms with Crippen LogP contribution in [0, 0.1) is 29.6 Å². The van der Waals surface area contributed by atoms with E-state index in [-0.39, 0.29) is 29.8 Å². The van der Waals surface area contributed by atoms with Crippen LogP contribution in [0.4, 0.5) is 9.59 Å². The van der Waals surface area contributed by atoms with Crippen molar-refractivity contribution in [2.75, 3.05) is 27.3 Å². The fourth-order valence-corrected chi connectivity index (χ4v) is 8.66. The highest BCUT2D eigenvalue weighted by Crippen LogP contribution is 2.36. The predicted octanol–water partition coefficient (Wildman–Crippen LogP) is 7.16. The summed E-state index contributed by atoms with van der Waals surface area (Å²) < 4.78 is 9.60. The number of benzene rings is 3. The van der Waals surface area contributed by atoms with E-state index < -0.39 is 24.3 Å². The second-order valence-electron chi connectivity index (χ2n) is 15.2. The first-order valence-corrected chi connectivity index (χ1v) is 21.3. The van der Waals surface area contributed by atoms with Crippen LogP contribution in [0.3, 0.4) is 0 Å². The highest BCUT2D eigenvalue weighted by Gasteiger charge is 2.38. The molecule has 5 aromatic rings. The van der Waals surface area contributed by atoms with Crippen LogP contribution >= 0.6 is 11.8 Å². The summed E-state index contributed by atoms with van der Waals surface area (Å²) in [4.78, 5) is 73.4. The summed E-state index contributed by atoms with van der Waals surface area (Å²) in [7, 11) is 2.55. The number of aromatic nitrogens is 4. The molecule has 3 unspecified atom stereocenters.